The quantitative estimate of drug-likeness (QED) is 0.465. The van der Waals surface area contributed by atoms with Crippen molar-refractivity contribution in [3.8, 4) is 0 Å². The lowest BCUT2D eigenvalue weighted by molar-refractivity contribution is -0.134. The first-order valence-electron chi connectivity index (χ1n) is 3.74. The maximum absolute atomic E-state index is 10.7. The van der Waals surface area contributed by atoms with Gasteiger partial charge in [-0.25, -0.2) is 4.79 Å². The molecule has 0 aromatic rings. The molecule has 0 amide bonds. The van der Waals surface area contributed by atoms with Crippen LogP contribution in [-0.4, -0.2) is 30.8 Å². The van der Waals surface area contributed by atoms with Gasteiger partial charge in [0.15, 0.2) is 0 Å². The Kier molecular flexibility index (Phi) is 5.12. The van der Waals surface area contributed by atoms with Gasteiger partial charge in [-0.2, -0.15) is 0 Å². The molecule has 0 aliphatic carbocycles. The number of allylic oxidation sites excluding steroid dienone is 1. The second kappa shape index (κ2) is 5.60. The molecule has 0 radical (unpaired) electrons. The summed E-state index contributed by atoms with van der Waals surface area (Å²) in [6.07, 6.45) is 0.911. The molecule has 0 aliphatic rings. The Morgan fingerprint density at radius 2 is 2.33 bits per heavy atom. The normalized spacial score (nSPS) is 13.8. The van der Waals surface area contributed by atoms with Gasteiger partial charge in [-0.05, 0) is 13.8 Å². The molecule has 0 rings (SSSR count). The van der Waals surface area contributed by atoms with Gasteiger partial charge >= 0.3 is 5.97 Å². The number of hydrogen-bond donors (Lipinski definition) is 2. The van der Waals surface area contributed by atoms with Crippen LogP contribution in [0.2, 0.25) is 0 Å². The van der Waals surface area contributed by atoms with Crippen LogP contribution >= 0.6 is 0 Å². The van der Waals surface area contributed by atoms with Crippen molar-refractivity contribution in [3.05, 3.63) is 11.8 Å². The van der Waals surface area contributed by atoms with E-state index in [-0.39, 0.29) is 0 Å². The molecule has 4 heteroatoms. The number of aliphatic hydroxyl groups is 1. The first kappa shape index (κ1) is 11.0. The Hall–Kier alpha value is -1.03. The number of nitrogens with one attached hydrogen (secondary N) is 1. The molecule has 0 unspecified atom stereocenters. The minimum Gasteiger partial charge on any atom is -0.466 e. The van der Waals surface area contributed by atoms with Gasteiger partial charge in [0.2, 0.25) is 0 Å². The van der Waals surface area contributed by atoms with Gasteiger partial charge in [0.05, 0.1) is 13.2 Å². The van der Waals surface area contributed by atoms with E-state index in [2.05, 4.69) is 10.1 Å². The molecule has 12 heavy (non-hydrogen) atoms. The lowest BCUT2D eigenvalue weighted by atomic mass is 10.3. The fourth-order valence-corrected chi connectivity index (χ4v) is 0.595. The number of methoxy groups -OCH3 is 1. The molecule has 70 valence electrons. The van der Waals surface area contributed by atoms with E-state index in [4.69, 9.17) is 5.11 Å². The lowest BCUT2D eigenvalue weighted by Crippen LogP contribution is -2.23. The van der Waals surface area contributed by atoms with Gasteiger partial charge in [-0.3, -0.25) is 0 Å². The summed E-state index contributed by atoms with van der Waals surface area (Å²) < 4.78 is 4.41. The molecule has 1 atom stereocenters. The molecule has 0 spiro atoms. The average Bonchev–Trinajstić information content (AvgIpc) is 2.00. The van der Waals surface area contributed by atoms with Crippen LogP contribution in [0.25, 0.3) is 0 Å². The van der Waals surface area contributed by atoms with Crippen LogP contribution in [0.3, 0.4) is 0 Å². The van der Waals surface area contributed by atoms with Crippen molar-refractivity contribution in [3.63, 3.8) is 0 Å². The topological polar surface area (TPSA) is 58.6 Å². The predicted molar refractivity (Wildman–Crippen MR) is 45.5 cm³/mol. The molecule has 0 fully saturated rings. The van der Waals surface area contributed by atoms with Crippen molar-refractivity contribution < 1.29 is 14.6 Å². The molecule has 0 aromatic heterocycles. The van der Waals surface area contributed by atoms with Crippen LogP contribution in [-0.2, 0) is 9.53 Å². The maximum Gasteiger partial charge on any atom is 0.332 e. The smallest absolute Gasteiger partial charge is 0.332 e. The highest BCUT2D eigenvalue weighted by Gasteiger charge is 1.97. The van der Waals surface area contributed by atoms with Crippen LogP contribution in [0.1, 0.15) is 13.8 Å². The Morgan fingerprint density at radius 3 is 2.75 bits per heavy atom. The van der Waals surface area contributed by atoms with Crippen LogP contribution < -0.4 is 5.32 Å². The van der Waals surface area contributed by atoms with E-state index in [9.17, 15) is 4.79 Å². The molecule has 0 aliphatic heterocycles. The van der Waals surface area contributed by atoms with Gasteiger partial charge in [0.1, 0.15) is 0 Å². The Balaban J connectivity index is 3.78. The van der Waals surface area contributed by atoms with Crippen molar-refractivity contribution in [2.45, 2.75) is 20.0 Å². The number of esters is 1. The van der Waals surface area contributed by atoms with Crippen molar-refractivity contribution >= 4 is 5.97 Å². The molecular formula is C8H15NO3. The Labute approximate surface area is 72.2 Å². The second-order valence-corrected chi connectivity index (χ2v) is 2.58. The van der Waals surface area contributed by atoms with E-state index < -0.39 is 12.1 Å². The number of rotatable bonds is 4. The van der Waals surface area contributed by atoms with Gasteiger partial charge in [-0.1, -0.05) is 0 Å². The highest BCUT2D eigenvalue weighted by molar-refractivity contribution is 5.82. The monoisotopic (exact) mass is 173 g/mol. The first-order chi connectivity index (χ1) is 5.56. The molecular weight excluding hydrogens is 158 g/mol. The van der Waals surface area contributed by atoms with Crippen LogP contribution in [0.4, 0.5) is 0 Å². The second-order valence-electron chi connectivity index (χ2n) is 2.58. The number of carbonyl (C=O) groups is 1. The summed E-state index contributed by atoms with van der Waals surface area (Å²) in [5, 5.41) is 11.7. The molecule has 2 N–H and O–H groups in total. The summed E-state index contributed by atoms with van der Waals surface area (Å²) >= 11 is 0. The molecule has 4 nitrogen and oxygen atoms in total. The molecule has 0 saturated heterocycles. The number of hydrogen-bond acceptors (Lipinski definition) is 4. The highest BCUT2D eigenvalue weighted by atomic mass is 16.5. The summed E-state index contributed by atoms with van der Waals surface area (Å²) in [6.45, 7) is 3.83. The lowest BCUT2D eigenvalue weighted by Gasteiger charge is -2.07. The van der Waals surface area contributed by atoms with Crippen molar-refractivity contribution in [1.82, 2.24) is 5.32 Å². The van der Waals surface area contributed by atoms with Gasteiger partial charge in [0, 0.05) is 18.3 Å². The van der Waals surface area contributed by atoms with E-state index in [1.165, 1.54) is 13.2 Å². The summed E-state index contributed by atoms with van der Waals surface area (Å²) in [5.74, 6) is -0.398. The molecule has 0 saturated carbocycles. The standard InChI is InChI=1S/C8H15NO3/c1-6(4-8(11)12-3)9-5-7(2)10/h4,7,9-10H,5H2,1-3H3/b6-4+/t7-/m0/s1. The third kappa shape index (κ3) is 5.73. The summed E-state index contributed by atoms with van der Waals surface area (Å²) in [7, 11) is 1.32. The highest BCUT2D eigenvalue weighted by Crippen LogP contribution is 1.88. The van der Waals surface area contributed by atoms with Crippen molar-refractivity contribution in [1.29, 1.82) is 0 Å². The van der Waals surface area contributed by atoms with Gasteiger partial charge < -0.3 is 15.2 Å². The summed E-state index contributed by atoms with van der Waals surface area (Å²) in [6, 6.07) is 0. The number of ether oxygens (including phenoxy) is 1. The van der Waals surface area contributed by atoms with E-state index >= 15 is 0 Å². The van der Waals surface area contributed by atoms with E-state index in [0.29, 0.717) is 12.2 Å². The third-order valence-corrected chi connectivity index (χ3v) is 1.21. The predicted octanol–water partition coefficient (Wildman–Crippen LogP) is 0.0336. The van der Waals surface area contributed by atoms with E-state index in [0.717, 1.165) is 0 Å². The Bertz CT molecular complexity index is 175. The zero-order chi connectivity index (χ0) is 9.56. The van der Waals surface area contributed by atoms with Crippen molar-refractivity contribution in [2.75, 3.05) is 13.7 Å². The fourth-order valence-electron chi connectivity index (χ4n) is 0.595. The average molecular weight is 173 g/mol. The summed E-state index contributed by atoms with van der Waals surface area (Å²) in [4.78, 5) is 10.7. The van der Waals surface area contributed by atoms with Gasteiger partial charge in [0.25, 0.3) is 0 Å². The molecule has 0 aromatic carbocycles. The van der Waals surface area contributed by atoms with Crippen molar-refractivity contribution in [2.24, 2.45) is 0 Å². The minimum atomic E-state index is -0.425. The van der Waals surface area contributed by atoms with Crippen LogP contribution in [0, 0.1) is 0 Å². The maximum atomic E-state index is 10.7. The fraction of sp³-hybridized carbons (Fsp3) is 0.625. The van der Waals surface area contributed by atoms with E-state index in [1.807, 2.05) is 0 Å². The summed E-state index contributed by atoms with van der Waals surface area (Å²) in [5.41, 5.74) is 0.683. The zero-order valence-electron chi connectivity index (χ0n) is 7.63. The van der Waals surface area contributed by atoms with Crippen LogP contribution in [0.5, 0.6) is 0 Å². The zero-order valence-corrected chi connectivity index (χ0v) is 7.63. The largest absolute Gasteiger partial charge is 0.466 e. The van der Waals surface area contributed by atoms with E-state index in [1.54, 1.807) is 13.8 Å². The first-order valence-corrected chi connectivity index (χ1v) is 3.74. The SMILES string of the molecule is COC(=O)/C=C(\C)NC[C@H](C)O. The van der Waals surface area contributed by atoms with Crippen LogP contribution in [0.15, 0.2) is 11.8 Å². The minimum absolute atomic E-state index is 0.398. The van der Waals surface area contributed by atoms with Gasteiger partial charge in [-0.15, -0.1) is 0 Å². The number of carbonyl (C=O) groups excluding carboxylic acids is 1. The molecule has 0 bridgehead atoms. The number of aliphatic hydroxyl groups excluding tert-OH is 1. The Morgan fingerprint density at radius 1 is 1.75 bits per heavy atom. The molecule has 0 heterocycles. The third-order valence-electron chi connectivity index (χ3n) is 1.21.